The van der Waals surface area contributed by atoms with Crippen molar-refractivity contribution in [1.29, 1.82) is 0 Å². The summed E-state index contributed by atoms with van der Waals surface area (Å²) in [4.78, 5) is 27.1. The van der Waals surface area contributed by atoms with Gasteiger partial charge in [-0.15, -0.1) is 11.8 Å². The Kier molecular flexibility index (Phi) is 4.94. The number of anilines is 1. The fourth-order valence-corrected chi connectivity index (χ4v) is 2.41. The summed E-state index contributed by atoms with van der Waals surface area (Å²) in [6.45, 7) is 0. The van der Waals surface area contributed by atoms with Crippen molar-refractivity contribution in [2.24, 2.45) is 0 Å². The highest BCUT2D eigenvalue weighted by Crippen LogP contribution is 2.19. The molecular formula is C15H14N2O3S. The van der Waals surface area contributed by atoms with Crippen molar-refractivity contribution < 1.29 is 14.7 Å². The number of thioether (sulfide) groups is 1. The number of pyridine rings is 1. The van der Waals surface area contributed by atoms with Crippen molar-refractivity contribution >= 4 is 29.3 Å². The molecular weight excluding hydrogens is 288 g/mol. The summed E-state index contributed by atoms with van der Waals surface area (Å²) in [5.74, 6) is -1.17. The zero-order valence-corrected chi connectivity index (χ0v) is 12.2. The van der Waals surface area contributed by atoms with Crippen LogP contribution in [0.15, 0.2) is 47.6 Å². The number of hydrogen-bond donors (Lipinski definition) is 2. The lowest BCUT2D eigenvalue weighted by atomic mass is 10.1. The van der Waals surface area contributed by atoms with Crippen molar-refractivity contribution in [3.8, 4) is 0 Å². The molecule has 0 saturated carbocycles. The molecule has 108 valence electrons. The van der Waals surface area contributed by atoms with Crippen molar-refractivity contribution in [2.45, 2.75) is 11.4 Å². The third kappa shape index (κ3) is 4.06. The summed E-state index contributed by atoms with van der Waals surface area (Å²) >= 11 is 1.40. The largest absolute Gasteiger partial charge is 0.481 e. The third-order valence-electron chi connectivity index (χ3n) is 2.75. The van der Waals surface area contributed by atoms with E-state index in [0.717, 1.165) is 0 Å². The molecule has 0 radical (unpaired) electrons. The number of aromatic nitrogens is 1. The molecule has 2 rings (SSSR count). The number of amides is 1. The van der Waals surface area contributed by atoms with Crippen LogP contribution < -0.4 is 5.32 Å². The van der Waals surface area contributed by atoms with Crippen LogP contribution in [0.4, 0.5) is 5.69 Å². The molecule has 2 N–H and O–H groups in total. The van der Waals surface area contributed by atoms with Crippen LogP contribution >= 0.6 is 11.8 Å². The van der Waals surface area contributed by atoms with Crippen molar-refractivity contribution in [2.75, 3.05) is 11.6 Å². The number of carbonyl (C=O) groups is 2. The monoisotopic (exact) mass is 302 g/mol. The normalized spacial score (nSPS) is 10.1. The Morgan fingerprint density at radius 3 is 2.81 bits per heavy atom. The molecule has 0 aliphatic carbocycles. The number of nitrogens with zero attached hydrogens (tertiary/aromatic N) is 1. The van der Waals surface area contributed by atoms with Gasteiger partial charge in [-0.3, -0.25) is 9.59 Å². The van der Waals surface area contributed by atoms with Gasteiger partial charge in [-0.25, -0.2) is 4.98 Å². The van der Waals surface area contributed by atoms with Crippen LogP contribution in [0.1, 0.15) is 15.9 Å². The zero-order chi connectivity index (χ0) is 15.2. The van der Waals surface area contributed by atoms with Gasteiger partial charge in [0, 0.05) is 11.9 Å². The van der Waals surface area contributed by atoms with E-state index in [0.29, 0.717) is 21.8 Å². The van der Waals surface area contributed by atoms with Gasteiger partial charge in [0.2, 0.25) is 0 Å². The van der Waals surface area contributed by atoms with Crippen LogP contribution in [0.5, 0.6) is 0 Å². The van der Waals surface area contributed by atoms with Gasteiger partial charge in [0.05, 0.1) is 12.0 Å². The number of carboxylic acids is 1. The standard InChI is InChI=1S/C15H14N2O3S/c1-21-15-12(6-3-7-16-15)14(20)17-11-5-2-4-10(8-11)9-13(18)19/h2-8H,9H2,1H3,(H,17,20)(H,18,19). The smallest absolute Gasteiger partial charge is 0.307 e. The third-order valence-corrected chi connectivity index (χ3v) is 3.46. The number of carbonyl (C=O) groups excluding carboxylic acids is 1. The molecule has 21 heavy (non-hydrogen) atoms. The molecule has 1 heterocycles. The first-order valence-corrected chi connectivity index (χ1v) is 7.43. The molecule has 0 aliphatic heterocycles. The second-order valence-electron chi connectivity index (χ2n) is 4.29. The highest BCUT2D eigenvalue weighted by molar-refractivity contribution is 7.98. The fourth-order valence-electron chi connectivity index (χ4n) is 1.86. The number of hydrogen-bond acceptors (Lipinski definition) is 4. The summed E-state index contributed by atoms with van der Waals surface area (Å²) in [6, 6.07) is 10.2. The summed E-state index contributed by atoms with van der Waals surface area (Å²) < 4.78 is 0. The fraction of sp³-hybridized carbons (Fsp3) is 0.133. The average molecular weight is 302 g/mol. The molecule has 0 bridgehead atoms. The van der Waals surface area contributed by atoms with Gasteiger partial charge in [0.25, 0.3) is 5.91 Å². The molecule has 0 fully saturated rings. The maximum atomic E-state index is 12.2. The Morgan fingerprint density at radius 1 is 1.29 bits per heavy atom. The topological polar surface area (TPSA) is 79.3 Å². The molecule has 0 spiro atoms. The lowest BCUT2D eigenvalue weighted by Gasteiger charge is -2.08. The van der Waals surface area contributed by atoms with E-state index in [4.69, 9.17) is 5.11 Å². The second kappa shape index (κ2) is 6.90. The molecule has 0 aliphatic rings. The van der Waals surface area contributed by atoms with E-state index in [1.165, 1.54) is 11.8 Å². The van der Waals surface area contributed by atoms with E-state index in [1.54, 1.807) is 42.6 Å². The Bertz CT molecular complexity index is 673. The van der Waals surface area contributed by atoms with Crippen LogP contribution in [0, 0.1) is 0 Å². The Hall–Kier alpha value is -2.34. The summed E-state index contributed by atoms with van der Waals surface area (Å²) in [5, 5.41) is 12.2. The molecule has 6 heteroatoms. The average Bonchev–Trinajstić information content (AvgIpc) is 2.46. The van der Waals surface area contributed by atoms with E-state index in [-0.39, 0.29) is 12.3 Å². The van der Waals surface area contributed by atoms with Gasteiger partial charge in [0.15, 0.2) is 0 Å². The van der Waals surface area contributed by atoms with E-state index < -0.39 is 5.97 Å². The van der Waals surface area contributed by atoms with Gasteiger partial charge < -0.3 is 10.4 Å². The van der Waals surface area contributed by atoms with Crippen molar-refractivity contribution in [1.82, 2.24) is 4.98 Å². The van der Waals surface area contributed by atoms with E-state index in [1.807, 2.05) is 6.26 Å². The molecule has 1 aromatic heterocycles. The minimum atomic E-state index is -0.907. The Labute approximate surface area is 126 Å². The van der Waals surface area contributed by atoms with Crippen LogP contribution in [0.2, 0.25) is 0 Å². The molecule has 0 saturated heterocycles. The predicted molar refractivity (Wildman–Crippen MR) is 81.8 cm³/mol. The maximum Gasteiger partial charge on any atom is 0.307 e. The Balaban J connectivity index is 2.17. The number of aliphatic carboxylic acids is 1. The molecule has 0 atom stereocenters. The lowest BCUT2D eigenvalue weighted by molar-refractivity contribution is -0.136. The van der Waals surface area contributed by atoms with Crippen LogP contribution in [-0.2, 0) is 11.2 Å². The number of carboxylic acid groups (broad SMARTS) is 1. The predicted octanol–water partition coefficient (Wildman–Crippen LogP) is 2.68. The maximum absolute atomic E-state index is 12.2. The van der Waals surface area contributed by atoms with Gasteiger partial charge in [-0.2, -0.15) is 0 Å². The molecule has 2 aromatic rings. The Morgan fingerprint density at radius 2 is 2.10 bits per heavy atom. The summed E-state index contributed by atoms with van der Waals surface area (Å²) in [6.07, 6.45) is 3.41. The van der Waals surface area contributed by atoms with E-state index in [9.17, 15) is 9.59 Å². The summed E-state index contributed by atoms with van der Waals surface area (Å²) in [7, 11) is 0. The van der Waals surface area contributed by atoms with Gasteiger partial charge in [-0.05, 0) is 36.1 Å². The highest BCUT2D eigenvalue weighted by atomic mass is 32.2. The second-order valence-corrected chi connectivity index (χ2v) is 5.08. The number of benzene rings is 1. The molecule has 1 aromatic carbocycles. The van der Waals surface area contributed by atoms with Gasteiger partial charge in [-0.1, -0.05) is 12.1 Å². The minimum Gasteiger partial charge on any atom is -0.481 e. The first-order chi connectivity index (χ1) is 10.1. The number of rotatable bonds is 5. The molecule has 0 unspecified atom stereocenters. The molecule has 5 nitrogen and oxygen atoms in total. The van der Waals surface area contributed by atoms with Gasteiger partial charge in [0.1, 0.15) is 5.03 Å². The highest BCUT2D eigenvalue weighted by Gasteiger charge is 2.12. The van der Waals surface area contributed by atoms with E-state index in [2.05, 4.69) is 10.3 Å². The van der Waals surface area contributed by atoms with Gasteiger partial charge >= 0.3 is 5.97 Å². The van der Waals surface area contributed by atoms with Crippen molar-refractivity contribution in [3.05, 3.63) is 53.7 Å². The van der Waals surface area contributed by atoms with Crippen molar-refractivity contribution in [3.63, 3.8) is 0 Å². The quantitative estimate of drug-likeness (QED) is 0.830. The minimum absolute atomic E-state index is 0.0767. The van der Waals surface area contributed by atoms with E-state index >= 15 is 0 Å². The zero-order valence-electron chi connectivity index (χ0n) is 11.4. The molecule has 1 amide bonds. The lowest BCUT2D eigenvalue weighted by Crippen LogP contribution is -2.13. The number of nitrogens with one attached hydrogen (secondary N) is 1. The van der Waals surface area contributed by atoms with Crippen LogP contribution in [-0.4, -0.2) is 28.2 Å². The first-order valence-electron chi connectivity index (χ1n) is 6.21. The summed E-state index contributed by atoms with van der Waals surface area (Å²) in [5.41, 5.74) is 1.69. The first kappa shape index (κ1) is 15.1. The van der Waals surface area contributed by atoms with Crippen LogP contribution in [0.25, 0.3) is 0 Å². The van der Waals surface area contributed by atoms with Crippen LogP contribution in [0.3, 0.4) is 0 Å². The SMILES string of the molecule is CSc1ncccc1C(=O)Nc1cccc(CC(=O)O)c1.